The van der Waals surface area contributed by atoms with Gasteiger partial charge in [0.1, 0.15) is 11.3 Å². The van der Waals surface area contributed by atoms with Gasteiger partial charge in [-0.1, -0.05) is 30.3 Å². The molecule has 6 nitrogen and oxygen atoms in total. The molecule has 126 valence electrons. The van der Waals surface area contributed by atoms with Crippen LogP contribution in [0.25, 0.3) is 17.1 Å². The fourth-order valence-corrected chi connectivity index (χ4v) is 2.58. The van der Waals surface area contributed by atoms with Gasteiger partial charge >= 0.3 is 0 Å². The summed E-state index contributed by atoms with van der Waals surface area (Å²) in [6.45, 7) is 0.601. The van der Waals surface area contributed by atoms with Crippen molar-refractivity contribution in [2.45, 2.75) is 6.54 Å². The number of carbonyl (C=O) groups is 1. The maximum atomic E-state index is 12.1. The maximum absolute atomic E-state index is 12.1. The van der Waals surface area contributed by atoms with E-state index < -0.39 is 0 Å². The molecule has 4 rings (SSSR count). The molecular formula is C18H16ClN5O. The number of hydrogen-bond donors (Lipinski definition) is 3. The van der Waals surface area contributed by atoms with Gasteiger partial charge in [-0.15, -0.1) is 12.4 Å². The van der Waals surface area contributed by atoms with Gasteiger partial charge in [0.15, 0.2) is 0 Å². The monoisotopic (exact) mass is 353 g/mol. The van der Waals surface area contributed by atoms with Crippen molar-refractivity contribution < 1.29 is 4.79 Å². The summed E-state index contributed by atoms with van der Waals surface area (Å²) in [6.07, 6.45) is 5.30. The SMILES string of the molecule is Cl.O=C1NC(NCc2ccccc2)=N/C1=C\c1c[nH]c2ncccc12. The molecule has 2 aromatic heterocycles. The molecule has 0 saturated carbocycles. The molecule has 0 spiro atoms. The lowest BCUT2D eigenvalue weighted by Crippen LogP contribution is -2.35. The summed E-state index contributed by atoms with van der Waals surface area (Å²) in [6, 6.07) is 13.8. The summed E-state index contributed by atoms with van der Waals surface area (Å²) in [4.78, 5) is 23.8. The number of aliphatic imine (C=N–C) groups is 1. The average molecular weight is 354 g/mol. The highest BCUT2D eigenvalue weighted by Crippen LogP contribution is 2.20. The van der Waals surface area contributed by atoms with Crippen LogP contribution in [0, 0.1) is 0 Å². The topological polar surface area (TPSA) is 82.2 Å². The Hall–Kier alpha value is -3.12. The lowest BCUT2D eigenvalue weighted by Gasteiger charge is -2.04. The van der Waals surface area contributed by atoms with Gasteiger partial charge in [0.05, 0.1) is 0 Å². The highest BCUT2D eigenvalue weighted by molar-refractivity contribution is 6.14. The van der Waals surface area contributed by atoms with Gasteiger partial charge in [-0.25, -0.2) is 9.98 Å². The summed E-state index contributed by atoms with van der Waals surface area (Å²) in [5, 5.41) is 6.83. The second kappa shape index (κ2) is 7.19. The maximum Gasteiger partial charge on any atom is 0.276 e. The Morgan fingerprint density at radius 2 is 1.96 bits per heavy atom. The van der Waals surface area contributed by atoms with Crippen molar-refractivity contribution in [1.29, 1.82) is 0 Å². The first-order valence-corrected chi connectivity index (χ1v) is 7.61. The molecule has 0 saturated heterocycles. The van der Waals surface area contributed by atoms with E-state index in [9.17, 15) is 4.79 Å². The van der Waals surface area contributed by atoms with Crippen LogP contribution in [-0.4, -0.2) is 21.8 Å². The molecule has 3 aromatic rings. The third-order valence-electron chi connectivity index (χ3n) is 3.77. The predicted molar refractivity (Wildman–Crippen MR) is 100 cm³/mol. The van der Waals surface area contributed by atoms with E-state index in [2.05, 4.69) is 25.6 Å². The second-order valence-electron chi connectivity index (χ2n) is 5.43. The van der Waals surface area contributed by atoms with Crippen molar-refractivity contribution in [3.05, 3.63) is 71.7 Å². The number of carbonyl (C=O) groups excluding carboxylic acids is 1. The smallest absolute Gasteiger partial charge is 0.276 e. The molecule has 7 heteroatoms. The zero-order valence-electron chi connectivity index (χ0n) is 13.2. The molecule has 1 amide bonds. The molecule has 1 aromatic carbocycles. The number of aromatic amines is 1. The van der Waals surface area contributed by atoms with Crippen LogP contribution < -0.4 is 10.6 Å². The Morgan fingerprint density at radius 1 is 1.12 bits per heavy atom. The van der Waals surface area contributed by atoms with Crippen LogP contribution in [0.5, 0.6) is 0 Å². The van der Waals surface area contributed by atoms with E-state index in [0.717, 1.165) is 22.2 Å². The van der Waals surface area contributed by atoms with Crippen LogP contribution in [0.15, 0.2) is 65.5 Å². The third-order valence-corrected chi connectivity index (χ3v) is 3.77. The molecule has 0 fully saturated rings. The quantitative estimate of drug-likeness (QED) is 0.633. The number of fused-ring (bicyclic) bond motifs is 1. The van der Waals surface area contributed by atoms with Crippen LogP contribution in [-0.2, 0) is 11.3 Å². The average Bonchev–Trinajstić information content (AvgIpc) is 3.18. The highest BCUT2D eigenvalue weighted by atomic mass is 35.5. The first-order valence-electron chi connectivity index (χ1n) is 7.61. The molecule has 1 aliphatic rings. The normalized spacial score (nSPS) is 15.0. The molecule has 1 aliphatic heterocycles. The zero-order chi connectivity index (χ0) is 16.4. The molecule has 3 N–H and O–H groups in total. The van der Waals surface area contributed by atoms with Crippen LogP contribution in [0.1, 0.15) is 11.1 Å². The zero-order valence-corrected chi connectivity index (χ0v) is 14.0. The number of nitrogens with zero attached hydrogens (tertiary/aromatic N) is 2. The number of guanidine groups is 1. The summed E-state index contributed by atoms with van der Waals surface area (Å²) in [5.41, 5.74) is 3.16. The fourth-order valence-electron chi connectivity index (χ4n) is 2.58. The minimum atomic E-state index is -0.219. The minimum absolute atomic E-state index is 0. The number of rotatable bonds is 3. The van der Waals surface area contributed by atoms with E-state index in [1.807, 2.05) is 48.7 Å². The number of nitrogens with one attached hydrogen (secondary N) is 3. The van der Waals surface area contributed by atoms with Crippen molar-refractivity contribution >= 4 is 41.4 Å². The van der Waals surface area contributed by atoms with Crippen molar-refractivity contribution in [2.24, 2.45) is 4.99 Å². The second-order valence-corrected chi connectivity index (χ2v) is 5.43. The van der Waals surface area contributed by atoms with Crippen molar-refractivity contribution in [2.75, 3.05) is 0 Å². The summed E-state index contributed by atoms with van der Waals surface area (Å²) in [5.74, 6) is 0.247. The largest absolute Gasteiger partial charge is 0.352 e. The summed E-state index contributed by atoms with van der Waals surface area (Å²) >= 11 is 0. The Balaban J connectivity index is 0.00000182. The summed E-state index contributed by atoms with van der Waals surface area (Å²) < 4.78 is 0. The van der Waals surface area contributed by atoms with Gasteiger partial charge < -0.3 is 10.3 Å². The van der Waals surface area contributed by atoms with E-state index >= 15 is 0 Å². The van der Waals surface area contributed by atoms with E-state index in [0.29, 0.717) is 18.2 Å². The third kappa shape index (κ3) is 3.54. The van der Waals surface area contributed by atoms with Crippen LogP contribution in [0.4, 0.5) is 0 Å². The van der Waals surface area contributed by atoms with E-state index in [-0.39, 0.29) is 18.3 Å². The summed E-state index contributed by atoms with van der Waals surface area (Å²) in [7, 11) is 0. The number of aromatic nitrogens is 2. The number of benzene rings is 1. The van der Waals surface area contributed by atoms with E-state index in [1.165, 1.54) is 0 Å². The van der Waals surface area contributed by atoms with Gasteiger partial charge in [-0.2, -0.15) is 0 Å². The molecule has 0 aliphatic carbocycles. The molecule has 0 atom stereocenters. The minimum Gasteiger partial charge on any atom is -0.352 e. The lowest BCUT2D eigenvalue weighted by atomic mass is 10.2. The van der Waals surface area contributed by atoms with Crippen molar-refractivity contribution in [1.82, 2.24) is 20.6 Å². The number of hydrogen-bond acceptors (Lipinski definition) is 4. The standard InChI is InChI=1S/C18H15N5O.ClH/c24-17-15(9-13-11-20-16-14(13)7-4-8-19-16)22-18(23-17)21-10-12-5-2-1-3-6-12;/h1-9,11H,10H2,(H,19,20)(H2,21,22,23,24);1H/b15-9-;. The number of amides is 1. The van der Waals surface area contributed by atoms with Gasteiger partial charge in [0.2, 0.25) is 5.96 Å². The van der Waals surface area contributed by atoms with E-state index in [4.69, 9.17) is 0 Å². The molecule has 0 bridgehead atoms. The number of halogens is 1. The molecule has 25 heavy (non-hydrogen) atoms. The molecule has 3 heterocycles. The van der Waals surface area contributed by atoms with Crippen LogP contribution in [0.2, 0.25) is 0 Å². The predicted octanol–water partition coefficient (Wildman–Crippen LogP) is 2.60. The first-order chi connectivity index (χ1) is 11.8. The van der Waals surface area contributed by atoms with Gasteiger partial charge in [0, 0.05) is 29.9 Å². The molecule has 0 unspecified atom stereocenters. The first kappa shape index (κ1) is 16.7. The number of H-pyrrole nitrogens is 1. The van der Waals surface area contributed by atoms with Crippen molar-refractivity contribution in [3.63, 3.8) is 0 Å². The van der Waals surface area contributed by atoms with Crippen LogP contribution in [0.3, 0.4) is 0 Å². The lowest BCUT2D eigenvalue weighted by molar-refractivity contribution is -0.115. The van der Waals surface area contributed by atoms with Crippen LogP contribution >= 0.6 is 12.4 Å². The Labute approximate surface area is 150 Å². The Kier molecular flexibility index (Phi) is 4.81. The van der Waals surface area contributed by atoms with Gasteiger partial charge in [-0.05, 0) is 23.8 Å². The fraction of sp³-hybridized carbons (Fsp3) is 0.0556. The Bertz CT molecular complexity index is 962. The Morgan fingerprint density at radius 3 is 2.80 bits per heavy atom. The molecule has 0 radical (unpaired) electrons. The highest BCUT2D eigenvalue weighted by Gasteiger charge is 2.20. The van der Waals surface area contributed by atoms with Crippen molar-refractivity contribution in [3.8, 4) is 0 Å². The van der Waals surface area contributed by atoms with E-state index in [1.54, 1.807) is 12.3 Å². The number of pyridine rings is 1. The van der Waals surface area contributed by atoms with Gasteiger partial charge in [0.25, 0.3) is 5.91 Å². The molecular weight excluding hydrogens is 338 g/mol. The van der Waals surface area contributed by atoms with Gasteiger partial charge in [-0.3, -0.25) is 10.1 Å².